The summed E-state index contributed by atoms with van der Waals surface area (Å²) in [7, 11) is 0. The summed E-state index contributed by atoms with van der Waals surface area (Å²) in [5.74, 6) is 0.238. The Morgan fingerprint density at radius 3 is 2.85 bits per heavy atom. The summed E-state index contributed by atoms with van der Waals surface area (Å²) in [5.41, 5.74) is 1.50. The van der Waals surface area contributed by atoms with Gasteiger partial charge in [0, 0.05) is 4.90 Å². The lowest BCUT2D eigenvalue weighted by Gasteiger charge is -2.15. The zero-order chi connectivity index (χ0) is 19.6. The predicted octanol–water partition coefficient (Wildman–Crippen LogP) is 5.68. The Balaban J connectivity index is 1.95. The summed E-state index contributed by atoms with van der Waals surface area (Å²) in [6.45, 7) is 2.27. The fourth-order valence-corrected chi connectivity index (χ4v) is 4.75. The molecule has 0 unspecified atom stereocenters. The fourth-order valence-electron chi connectivity index (χ4n) is 2.53. The quantitative estimate of drug-likeness (QED) is 0.336. The third-order valence-electron chi connectivity index (χ3n) is 3.75. The van der Waals surface area contributed by atoms with Crippen LogP contribution in [0.15, 0.2) is 50.7 Å². The lowest BCUT2D eigenvalue weighted by atomic mass is 10.2. The van der Waals surface area contributed by atoms with Crippen LogP contribution in [-0.4, -0.2) is 28.2 Å². The summed E-state index contributed by atoms with van der Waals surface area (Å²) < 4.78 is 6.44. The first-order valence-electron chi connectivity index (χ1n) is 8.02. The van der Waals surface area contributed by atoms with Crippen molar-refractivity contribution in [1.29, 1.82) is 0 Å². The minimum absolute atomic E-state index is 0.0374. The third kappa shape index (κ3) is 4.34. The van der Waals surface area contributed by atoms with Crippen molar-refractivity contribution in [2.24, 2.45) is 0 Å². The SMILES string of the molecule is CCOc1cc(/C=C2/SC(=S)N(c3cccc(SC)c3)C2=O)cc(Br)c1O. The number of phenolic OH excluding ortho intramolecular Hbond substituents is 1. The molecule has 1 amide bonds. The molecule has 0 radical (unpaired) electrons. The van der Waals surface area contributed by atoms with E-state index in [0.717, 1.165) is 16.1 Å². The molecule has 1 heterocycles. The van der Waals surface area contributed by atoms with Gasteiger partial charge in [0.25, 0.3) is 5.91 Å². The number of rotatable bonds is 5. The van der Waals surface area contributed by atoms with Crippen molar-refractivity contribution in [3.8, 4) is 11.5 Å². The Morgan fingerprint density at radius 1 is 1.37 bits per heavy atom. The second-order valence-corrected chi connectivity index (χ2v) is 8.91. The maximum absolute atomic E-state index is 12.9. The van der Waals surface area contributed by atoms with Crippen LogP contribution in [0.4, 0.5) is 5.69 Å². The second kappa shape index (κ2) is 8.68. The molecule has 27 heavy (non-hydrogen) atoms. The van der Waals surface area contributed by atoms with Crippen LogP contribution in [0.5, 0.6) is 11.5 Å². The number of benzene rings is 2. The van der Waals surface area contributed by atoms with Gasteiger partial charge in [-0.2, -0.15) is 0 Å². The van der Waals surface area contributed by atoms with Crippen molar-refractivity contribution in [2.75, 3.05) is 17.8 Å². The van der Waals surface area contributed by atoms with E-state index >= 15 is 0 Å². The normalized spacial score (nSPS) is 15.7. The van der Waals surface area contributed by atoms with E-state index in [9.17, 15) is 9.90 Å². The molecule has 8 heteroatoms. The molecule has 1 aliphatic rings. The highest BCUT2D eigenvalue weighted by molar-refractivity contribution is 9.10. The van der Waals surface area contributed by atoms with Crippen molar-refractivity contribution in [3.63, 3.8) is 0 Å². The van der Waals surface area contributed by atoms with E-state index in [2.05, 4.69) is 15.9 Å². The number of anilines is 1. The Hall–Kier alpha value is -1.48. The number of ether oxygens (including phenoxy) is 1. The van der Waals surface area contributed by atoms with Gasteiger partial charge in [0.15, 0.2) is 15.8 Å². The van der Waals surface area contributed by atoms with Crippen molar-refractivity contribution in [2.45, 2.75) is 11.8 Å². The Morgan fingerprint density at radius 2 is 2.15 bits per heavy atom. The summed E-state index contributed by atoms with van der Waals surface area (Å²) >= 11 is 11.6. The van der Waals surface area contributed by atoms with E-state index < -0.39 is 0 Å². The van der Waals surface area contributed by atoms with Crippen LogP contribution in [0.1, 0.15) is 12.5 Å². The van der Waals surface area contributed by atoms with Crippen LogP contribution < -0.4 is 9.64 Å². The van der Waals surface area contributed by atoms with Gasteiger partial charge in [0.2, 0.25) is 0 Å². The molecule has 0 aliphatic carbocycles. The minimum atomic E-state index is -0.162. The van der Waals surface area contributed by atoms with Crippen molar-refractivity contribution in [1.82, 2.24) is 0 Å². The highest BCUT2D eigenvalue weighted by atomic mass is 79.9. The summed E-state index contributed by atoms with van der Waals surface area (Å²) in [6.07, 6.45) is 3.74. The molecule has 0 bridgehead atoms. The number of halogens is 1. The molecule has 0 aromatic heterocycles. The minimum Gasteiger partial charge on any atom is -0.503 e. The first-order valence-corrected chi connectivity index (χ1v) is 11.3. The molecule has 140 valence electrons. The number of nitrogens with zero attached hydrogens (tertiary/aromatic N) is 1. The van der Waals surface area contributed by atoms with E-state index in [-0.39, 0.29) is 11.7 Å². The fraction of sp³-hybridized carbons (Fsp3) is 0.158. The molecule has 0 saturated carbocycles. The van der Waals surface area contributed by atoms with Crippen LogP contribution in [0.3, 0.4) is 0 Å². The number of thioether (sulfide) groups is 2. The molecule has 1 saturated heterocycles. The zero-order valence-corrected chi connectivity index (χ0v) is 18.6. The highest BCUT2D eigenvalue weighted by Gasteiger charge is 2.33. The molecule has 2 aromatic carbocycles. The van der Waals surface area contributed by atoms with E-state index in [1.807, 2.05) is 37.4 Å². The monoisotopic (exact) mass is 481 g/mol. The largest absolute Gasteiger partial charge is 0.503 e. The van der Waals surface area contributed by atoms with Gasteiger partial charge in [-0.05, 0) is 71.1 Å². The van der Waals surface area contributed by atoms with E-state index in [4.69, 9.17) is 17.0 Å². The van der Waals surface area contributed by atoms with Gasteiger partial charge >= 0.3 is 0 Å². The van der Waals surface area contributed by atoms with Crippen molar-refractivity contribution >= 4 is 73.7 Å². The van der Waals surface area contributed by atoms with Crippen molar-refractivity contribution in [3.05, 3.63) is 51.3 Å². The first kappa shape index (κ1) is 20.3. The second-order valence-electron chi connectivity index (χ2n) is 5.50. The first-order chi connectivity index (χ1) is 12.9. The van der Waals surface area contributed by atoms with E-state index in [1.165, 1.54) is 11.8 Å². The van der Waals surface area contributed by atoms with Crippen LogP contribution in [-0.2, 0) is 4.79 Å². The van der Waals surface area contributed by atoms with Gasteiger partial charge in [-0.15, -0.1) is 11.8 Å². The van der Waals surface area contributed by atoms with Crippen LogP contribution in [0.25, 0.3) is 6.08 Å². The standard InChI is InChI=1S/C19H16BrNO3S3/c1-3-24-15-8-11(7-14(20)17(15)22)9-16-18(23)21(19(25)27-16)12-5-4-6-13(10-12)26-2/h4-10,22H,3H2,1-2H3/b16-9+. The maximum atomic E-state index is 12.9. The smallest absolute Gasteiger partial charge is 0.270 e. The molecule has 0 spiro atoms. The Kier molecular flexibility index (Phi) is 6.52. The molecule has 4 nitrogen and oxygen atoms in total. The van der Waals surface area contributed by atoms with E-state index in [1.54, 1.807) is 34.9 Å². The lowest BCUT2D eigenvalue weighted by molar-refractivity contribution is -0.113. The predicted molar refractivity (Wildman–Crippen MR) is 121 cm³/mol. The van der Waals surface area contributed by atoms with Gasteiger partial charge in [0.05, 0.1) is 21.7 Å². The van der Waals surface area contributed by atoms with Crippen LogP contribution in [0.2, 0.25) is 0 Å². The molecule has 1 fully saturated rings. The molecule has 2 aromatic rings. The topological polar surface area (TPSA) is 49.8 Å². The number of aromatic hydroxyl groups is 1. The Bertz CT molecular complexity index is 946. The number of hydrogen-bond donors (Lipinski definition) is 1. The molecule has 0 atom stereocenters. The number of phenols is 1. The maximum Gasteiger partial charge on any atom is 0.270 e. The van der Waals surface area contributed by atoms with Gasteiger partial charge in [-0.25, -0.2) is 0 Å². The van der Waals surface area contributed by atoms with Gasteiger partial charge in [-0.1, -0.05) is 30.0 Å². The highest BCUT2D eigenvalue weighted by Crippen LogP contribution is 2.40. The molecular formula is C19H16BrNO3S3. The number of thiocarbonyl (C=S) groups is 1. The molecule has 3 rings (SSSR count). The molecule has 1 N–H and O–H groups in total. The van der Waals surface area contributed by atoms with Crippen LogP contribution >= 0.6 is 51.7 Å². The molecular weight excluding hydrogens is 466 g/mol. The Labute approximate surface area is 180 Å². The zero-order valence-electron chi connectivity index (χ0n) is 14.6. The number of carbonyl (C=O) groups is 1. The lowest BCUT2D eigenvalue weighted by Crippen LogP contribution is -2.27. The number of amides is 1. The van der Waals surface area contributed by atoms with Crippen LogP contribution in [0, 0.1) is 0 Å². The van der Waals surface area contributed by atoms with Gasteiger partial charge < -0.3 is 9.84 Å². The van der Waals surface area contributed by atoms with Gasteiger partial charge in [-0.3, -0.25) is 9.69 Å². The average molecular weight is 482 g/mol. The van der Waals surface area contributed by atoms with Gasteiger partial charge in [0.1, 0.15) is 0 Å². The van der Waals surface area contributed by atoms with E-state index in [0.29, 0.717) is 26.1 Å². The summed E-state index contributed by atoms with van der Waals surface area (Å²) in [4.78, 5) is 16.1. The third-order valence-corrected chi connectivity index (χ3v) is 6.39. The average Bonchev–Trinajstić information content (AvgIpc) is 2.93. The number of hydrogen-bond acceptors (Lipinski definition) is 6. The van der Waals surface area contributed by atoms with Crippen molar-refractivity contribution < 1.29 is 14.6 Å². The molecule has 1 aliphatic heterocycles. The summed E-state index contributed by atoms with van der Waals surface area (Å²) in [6, 6.07) is 11.2. The number of carbonyl (C=O) groups excluding carboxylic acids is 1. The summed E-state index contributed by atoms with van der Waals surface area (Å²) in [5, 5.41) is 10.1.